The molecule has 80 valence electrons. The van der Waals surface area contributed by atoms with Crippen molar-refractivity contribution in [2.24, 2.45) is 0 Å². The lowest BCUT2D eigenvalue weighted by Crippen LogP contribution is -2.22. The Bertz CT molecular complexity index is 255. The summed E-state index contributed by atoms with van der Waals surface area (Å²) in [6, 6.07) is 0.583. The second-order valence-corrected chi connectivity index (χ2v) is 3.81. The van der Waals surface area contributed by atoms with Crippen LogP contribution in [-0.4, -0.2) is 22.6 Å². The summed E-state index contributed by atoms with van der Waals surface area (Å²) < 4.78 is 2.25. The molecule has 0 amide bonds. The molecule has 1 atom stereocenters. The molecule has 0 aliphatic heterocycles. The molecular weight excluding hydrogens is 174 g/mol. The summed E-state index contributed by atoms with van der Waals surface area (Å²) in [5.74, 6) is 0. The van der Waals surface area contributed by atoms with E-state index < -0.39 is 0 Å². The standard InChI is InChI=1S/C11H21N3/c1-4-7-14-9-13-8-11(14)6-5-10(2)12-3/h8-10,12H,4-7H2,1-3H3. The highest BCUT2D eigenvalue weighted by molar-refractivity contribution is 4.98. The maximum absolute atomic E-state index is 4.19. The molecule has 1 heterocycles. The molecule has 14 heavy (non-hydrogen) atoms. The summed E-state index contributed by atoms with van der Waals surface area (Å²) in [6.45, 7) is 5.49. The third-order valence-electron chi connectivity index (χ3n) is 2.59. The SMILES string of the molecule is CCCn1cncc1CCC(C)NC. The van der Waals surface area contributed by atoms with Gasteiger partial charge < -0.3 is 9.88 Å². The van der Waals surface area contributed by atoms with Crippen molar-refractivity contribution in [2.45, 2.75) is 45.7 Å². The highest BCUT2D eigenvalue weighted by Crippen LogP contribution is 2.05. The largest absolute Gasteiger partial charge is 0.335 e. The Morgan fingerprint density at radius 3 is 3.00 bits per heavy atom. The van der Waals surface area contributed by atoms with Crippen LogP contribution in [0.15, 0.2) is 12.5 Å². The molecular formula is C11H21N3. The first kappa shape index (κ1) is 11.2. The fourth-order valence-corrected chi connectivity index (χ4v) is 1.51. The van der Waals surface area contributed by atoms with Crippen molar-refractivity contribution in [3.63, 3.8) is 0 Å². The maximum atomic E-state index is 4.19. The summed E-state index contributed by atoms with van der Waals surface area (Å²) in [5, 5.41) is 3.25. The van der Waals surface area contributed by atoms with Crippen LogP contribution in [0.5, 0.6) is 0 Å². The van der Waals surface area contributed by atoms with Crippen LogP contribution in [0, 0.1) is 0 Å². The highest BCUT2D eigenvalue weighted by atomic mass is 15.0. The molecule has 0 aliphatic carbocycles. The molecule has 1 aromatic rings. The number of imidazole rings is 1. The Morgan fingerprint density at radius 2 is 2.36 bits per heavy atom. The monoisotopic (exact) mass is 195 g/mol. The van der Waals surface area contributed by atoms with Crippen molar-refractivity contribution >= 4 is 0 Å². The molecule has 3 heteroatoms. The molecule has 0 bridgehead atoms. The van der Waals surface area contributed by atoms with Crippen LogP contribution in [0.25, 0.3) is 0 Å². The molecule has 1 rings (SSSR count). The lowest BCUT2D eigenvalue weighted by Gasteiger charge is -2.10. The van der Waals surface area contributed by atoms with Gasteiger partial charge in [0.15, 0.2) is 0 Å². The van der Waals surface area contributed by atoms with E-state index >= 15 is 0 Å². The molecule has 0 fully saturated rings. The number of rotatable bonds is 6. The van der Waals surface area contributed by atoms with Gasteiger partial charge in [-0.2, -0.15) is 0 Å². The second-order valence-electron chi connectivity index (χ2n) is 3.81. The van der Waals surface area contributed by atoms with Crippen LogP contribution in [0.2, 0.25) is 0 Å². The van der Waals surface area contributed by atoms with Gasteiger partial charge in [-0.1, -0.05) is 6.92 Å². The molecule has 0 radical (unpaired) electrons. The van der Waals surface area contributed by atoms with E-state index in [1.54, 1.807) is 0 Å². The molecule has 1 unspecified atom stereocenters. The van der Waals surface area contributed by atoms with E-state index in [1.165, 1.54) is 18.5 Å². The van der Waals surface area contributed by atoms with Gasteiger partial charge in [0, 0.05) is 24.5 Å². The van der Waals surface area contributed by atoms with Gasteiger partial charge >= 0.3 is 0 Å². The summed E-state index contributed by atoms with van der Waals surface area (Å²) in [4.78, 5) is 4.19. The molecule has 0 saturated heterocycles. The zero-order chi connectivity index (χ0) is 10.4. The van der Waals surface area contributed by atoms with Crippen molar-refractivity contribution in [1.29, 1.82) is 0 Å². The number of hydrogen-bond acceptors (Lipinski definition) is 2. The van der Waals surface area contributed by atoms with Crippen molar-refractivity contribution in [3.8, 4) is 0 Å². The van der Waals surface area contributed by atoms with Gasteiger partial charge in [0.2, 0.25) is 0 Å². The van der Waals surface area contributed by atoms with E-state index in [0.717, 1.165) is 13.0 Å². The Kier molecular flexibility index (Phi) is 4.66. The Balaban J connectivity index is 2.45. The summed E-state index contributed by atoms with van der Waals surface area (Å²) >= 11 is 0. The maximum Gasteiger partial charge on any atom is 0.0948 e. The van der Waals surface area contributed by atoms with Crippen molar-refractivity contribution in [2.75, 3.05) is 7.05 Å². The molecule has 0 aromatic carbocycles. The van der Waals surface area contributed by atoms with Crippen LogP contribution in [0.4, 0.5) is 0 Å². The van der Waals surface area contributed by atoms with E-state index in [0.29, 0.717) is 6.04 Å². The molecule has 0 aliphatic rings. The van der Waals surface area contributed by atoms with E-state index in [4.69, 9.17) is 0 Å². The number of nitrogens with zero attached hydrogens (tertiary/aromatic N) is 2. The Labute approximate surface area is 86.5 Å². The fraction of sp³-hybridized carbons (Fsp3) is 0.727. The minimum absolute atomic E-state index is 0.583. The first-order chi connectivity index (χ1) is 6.77. The fourth-order valence-electron chi connectivity index (χ4n) is 1.51. The minimum atomic E-state index is 0.583. The quantitative estimate of drug-likeness (QED) is 0.750. The summed E-state index contributed by atoms with van der Waals surface area (Å²) in [6.07, 6.45) is 7.37. The zero-order valence-electron chi connectivity index (χ0n) is 9.45. The molecule has 1 aromatic heterocycles. The van der Waals surface area contributed by atoms with Crippen molar-refractivity contribution < 1.29 is 0 Å². The smallest absolute Gasteiger partial charge is 0.0948 e. The Hall–Kier alpha value is -0.830. The van der Waals surface area contributed by atoms with Gasteiger partial charge in [-0.15, -0.1) is 0 Å². The lowest BCUT2D eigenvalue weighted by atomic mass is 10.1. The first-order valence-electron chi connectivity index (χ1n) is 5.44. The summed E-state index contributed by atoms with van der Waals surface area (Å²) in [7, 11) is 2.01. The molecule has 0 spiro atoms. The first-order valence-corrected chi connectivity index (χ1v) is 5.44. The van der Waals surface area contributed by atoms with Gasteiger partial charge in [0.05, 0.1) is 6.33 Å². The van der Waals surface area contributed by atoms with Crippen molar-refractivity contribution in [1.82, 2.24) is 14.9 Å². The zero-order valence-corrected chi connectivity index (χ0v) is 9.45. The van der Waals surface area contributed by atoms with E-state index in [1.807, 2.05) is 19.6 Å². The average Bonchev–Trinajstić information content (AvgIpc) is 2.62. The normalized spacial score (nSPS) is 13.1. The van der Waals surface area contributed by atoms with Crippen molar-refractivity contribution in [3.05, 3.63) is 18.2 Å². The van der Waals surface area contributed by atoms with Gasteiger partial charge in [0.25, 0.3) is 0 Å². The van der Waals surface area contributed by atoms with Gasteiger partial charge in [-0.3, -0.25) is 0 Å². The predicted molar refractivity (Wildman–Crippen MR) is 59.4 cm³/mol. The third kappa shape index (κ3) is 3.14. The summed E-state index contributed by atoms with van der Waals surface area (Å²) in [5.41, 5.74) is 1.36. The number of aromatic nitrogens is 2. The Morgan fingerprint density at radius 1 is 1.57 bits per heavy atom. The van der Waals surface area contributed by atoms with E-state index in [2.05, 4.69) is 28.7 Å². The average molecular weight is 195 g/mol. The molecule has 3 nitrogen and oxygen atoms in total. The molecule has 0 saturated carbocycles. The van der Waals surface area contributed by atoms with Gasteiger partial charge in [0.1, 0.15) is 0 Å². The lowest BCUT2D eigenvalue weighted by molar-refractivity contribution is 0.545. The van der Waals surface area contributed by atoms with Crippen LogP contribution in [0.1, 0.15) is 32.4 Å². The topological polar surface area (TPSA) is 29.9 Å². The molecule has 1 N–H and O–H groups in total. The van der Waals surface area contributed by atoms with Crippen LogP contribution in [0.3, 0.4) is 0 Å². The van der Waals surface area contributed by atoms with Crippen LogP contribution in [-0.2, 0) is 13.0 Å². The predicted octanol–water partition coefficient (Wildman–Crippen LogP) is 1.83. The second kappa shape index (κ2) is 5.81. The van der Waals surface area contributed by atoms with Crippen LogP contribution >= 0.6 is 0 Å². The number of aryl methyl sites for hydroxylation is 2. The van der Waals surface area contributed by atoms with Gasteiger partial charge in [-0.25, -0.2) is 4.98 Å². The van der Waals surface area contributed by atoms with Gasteiger partial charge in [-0.05, 0) is 33.2 Å². The minimum Gasteiger partial charge on any atom is -0.335 e. The third-order valence-corrected chi connectivity index (χ3v) is 2.59. The number of nitrogens with one attached hydrogen (secondary N) is 1. The van der Waals surface area contributed by atoms with Crippen LogP contribution < -0.4 is 5.32 Å². The van der Waals surface area contributed by atoms with E-state index in [-0.39, 0.29) is 0 Å². The van der Waals surface area contributed by atoms with E-state index in [9.17, 15) is 0 Å². The highest BCUT2D eigenvalue weighted by Gasteiger charge is 2.03. The number of hydrogen-bond donors (Lipinski definition) is 1.